The summed E-state index contributed by atoms with van der Waals surface area (Å²) in [6.45, 7) is 4.30. The summed E-state index contributed by atoms with van der Waals surface area (Å²) >= 11 is 1.84. The molecule has 0 aliphatic rings. The van der Waals surface area contributed by atoms with Gasteiger partial charge in [0.25, 0.3) is 0 Å². The molecule has 0 spiro atoms. The molecule has 0 saturated carbocycles. The first-order valence-corrected chi connectivity index (χ1v) is 7.08. The smallest absolute Gasteiger partial charge is 0.0416 e. The van der Waals surface area contributed by atoms with Crippen molar-refractivity contribution in [1.29, 1.82) is 0 Å². The standard InChI is InChI=1S/C16H19NS/c1-12-7-6-10-15(11-12)18-13(2)16(17)14-8-4-3-5-9-14/h3-11,13,16H,17H2,1-2H3. The lowest BCUT2D eigenvalue weighted by Gasteiger charge is -2.20. The highest BCUT2D eigenvalue weighted by Gasteiger charge is 2.15. The van der Waals surface area contributed by atoms with Crippen LogP contribution >= 0.6 is 11.8 Å². The number of rotatable bonds is 4. The van der Waals surface area contributed by atoms with E-state index in [1.54, 1.807) is 0 Å². The molecular formula is C16H19NS. The highest BCUT2D eigenvalue weighted by atomic mass is 32.2. The minimum absolute atomic E-state index is 0.0664. The molecule has 2 unspecified atom stereocenters. The molecule has 18 heavy (non-hydrogen) atoms. The van der Waals surface area contributed by atoms with E-state index in [1.807, 2.05) is 30.0 Å². The third kappa shape index (κ3) is 3.37. The molecule has 0 amide bonds. The first-order valence-electron chi connectivity index (χ1n) is 6.20. The molecule has 2 aromatic carbocycles. The molecule has 0 heterocycles. The Bertz CT molecular complexity index is 495. The molecular weight excluding hydrogens is 238 g/mol. The first kappa shape index (κ1) is 13.2. The zero-order chi connectivity index (χ0) is 13.0. The SMILES string of the molecule is Cc1cccc(SC(C)C(N)c2ccccc2)c1. The van der Waals surface area contributed by atoms with Gasteiger partial charge in [0, 0.05) is 16.2 Å². The molecule has 94 valence electrons. The van der Waals surface area contributed by atoms with Crippen LogP contribution in [0.15, 0.2) is 59.5 Å². The molecule has 0 aliphatic heterocycles. The van der Waals surface area contributed by atoms with Gasteiger partial charge in [-0.2, -0.15) is 0 Å². The largest absolute Gasteiger partial charge is 0.323 e. The van der Waals surface area contributed by atoms with E-state index in [-0.39, 0.29) is 6.04 Å². The van der Waals surface area contributed by atoms with Crippen LogP contribution in [0.1, 0.15) is 24.1 Å². The summed E-state index contributed by atoms with van der Waals surface area (Å²) in [5.74, 6) is 0. The van der Waals surface area contributed by atoms with Gasteiger partial charge in [0.2, 0.25) is 0 Å². The molecule has 2 atom stereocenters. The van der Waals surface area contributed by atoms with E-state index in [1.165, 1.54) is 16.0 Å². The number of benzene rings is 2. The lowest BCUT2D eigenvalue weighted by molar-refractivity contribution is 0.715. The summed E-state index contributed by atoms with van der Waals surface area (Å²) in [5.41, 5.74) is 8.79. The second-order valence-electron chi connectivity index (χ2n) is 4.58. The van der Waals surface area contributed by atoms with Gasteiger partial charge >= 0.3 is 0 Å². The van der Waals surface area contributed by atoms with Gasteiger partial charge in [0.05, 0.1) is 0 Å². The third-order valence-electron chi connectivity index (χ3n) is 3.00. The zero-order valence-corrected chi connectivity index (χ0v) is 11.7. The minimum Gasteiger partial charge on any atom is -0.323 e. The van der Waals surface area contributed by atoms with Gasteiger partial charge in [0.15, 0.2) is 0 Å². The minimum atomic E-state index is 0.0664. The second kappa shape index (κ2) is 6.07. The fraction of sp³-hybridized carbons (Fsp3) is 0.250. The van der Waals surface area contributed by atoms with Crippen molar-refractivity contribution in [3.8, 4) is 0 Å². The van der Waals surface area contributed by atoms with Crippen LogP contribution in [-0.4, -0.2) is 5.25 Å². The monoisotopic (exact) mass is 257 g/mol. The molecule has 0 aromatic heterocycles. The van der Waals surface area contributed by atoms with E-state index < -0.39 is 0 Å². The highest BCUT2D eigenvalue weighted by molar-refractivity contribution is 8.00. The fourth-order valence-corrected chi connectivity index (χ4v) is 3.07. The molecule has 2 aromatic rings. The zero-order valence-electron chi connectivity index (χ0n) is 10.8. The van der Waals surface area contributed by atoms with E-state index in [4.69, 9.17) is 5.73 Å². The number of hydrogen-bond acceptors (Lipinski definition) is 2. The predicted molar refractivity (Wildman–Crippen MR) is 79.9 cm³/mol. The van der Waals surface area contributed by atoms with E-state index in [0.29, 0.717) is 5.25 Å². The van der Waals surface area contributed by atoms with Crippen LogP contribution in [0.25, 0.3) is 0 Å². The summed E-state index contributed by atoms with van der Waals surface area (Å²) < 4.78 is 0. The van der Waals surface area contributed by atoms with Crippen LogP contribution in [0.5, 0.6) is 0 Å². The second-order valence-corrected chi connectivity index (χ2v) is 6.03. The lowest BCUT2D eigenvalue weighted by Crippen LogP contribution is -2.20. The van der Waals surface area contributed by atoms with Crippen LogP contribution in [0.2, 0.25) is 0 Å². The average molecular weight is 257 g/mol. The van der Waals surface area contributed by atoms with Gasteiger partial charge in [0.1, 0.15) is 0 Å². The molecule has 2 rings (SSSR count). The lowest BCUT2D eigenvalue weighted by atomic mass is 10.1. The van der Waals surface area contributed by atoms with Crippen molar-refractivity contribution in [3.63, 3.8) is 0 Å². The predicted octanol–water partition coefficient (Wildman–Crippen LogP) is 4.18. The van der Waals surface area contributed by atoms with Gasteiger partial charge in [-0.25, -0.2) is 0 Å². The summed E-state index contributed by atoms with van der Waals surface area (Å²) in [6, 6.07) is 18.9. The Morgan fingerprint density at radius 3 is 2.39 bits per heavy atom. The number of hydrogen-bond donors (Lipinski definition) is 1. The summed E-state index contributed by atoms with van der Waals surface area (Å²) in [4.78, 5) is 1.29. The van der Waals surface area contributed by atoms with Crippen molar-refractivity contribution in [3.05, 3.63) is 65.7 Å². The topological polar surface area (TPSA) is 26.0 Å². The Kier molecular flexibility index (Phi) is 4.45. The summed E-state index contributed by atoms with van der Waals surface area (Å²) in [6.07, 6.45) is 0. The van der Waals surface area contributed by atoms with Crippen molar-refractivity contribution >= 4 is 11.8 Å². The summed E-state index contributed by atoms with van der Waals surface area (Å²) in [7, 11) is 0. The van der Waals surface area contributed by atoms with Crippen LogP contribution < -0.4 is 5.73 Å². The van der Waals surface area contributed by atoms with E-state index in [2.05, 4.69) is 50.2 Å². The molecule has 2 heteroatoms. The maximum Gasteiger partial charge on any atom is 0.0416 e. The normalized spacial score (nSPS) is 14.2. The molecule has 0 aliphatic carbocycles. The van der Waals surface area contributed by atoms with Gasteiger partial charge in [-0.05, 0) is 24.6 Å². The van der Waals surface area contributed by atoms with Gasteiger partial charge in [-0.15, -0.1) is 11.8 Å². The van der Waals surface area contributed by atoms with Crippen molar-refractivity contribution in [1.82, 2.24) is 0 Å². The van der Waals surface area contributed by atoms with Gasteiger partial charge < -0.3 is 5.73 Å². The number of aryl methyl sites for hydroxylation is 1. The summed E-state index contributed by atoms with van der Waals surface area (Å²) in [5, 5.41) is 0.356. The average Bonchev–Trinajstić information content (AvgIpc) is 2.39. The number of thioether (sulfide) groups is 1. The maximum absolute atomic E-state index is 6.30. The van der Waals surface area contributed by atoms with Crippen LogP contribution in [0.3, 0.4) is 0 Å². The highest BCUT2D eigenvalue weighted by Crippen LogP contribution is 2.30. The van der Waals surface area contributed by atoms with E-state index in [9.17, 15) is 0 Å². The molecule has 0 saturated heterocycles. The van der Waals surface area contributed by atoms with E-state index >= 15 is 0 Å². The molecule has 1 nitrogen and oxygen atoms in total. The molecule has 0 radical (unpaired) electrons. The van der Waals surface area contributed by atoms with Crippen molar-refractivity contribution < 1.29 is 0 Å². The Labute approximate surface area is 113 Å². The maximum atomic E-state index is 6.30. The van der Waals surface area contributed by atoms with Crippen LogP contribution in [0.4, 0.5) is 0 Å². The first-order chi connectivity index (χ1) is 8.66. The Hall–Kier alpha value is -1.25. The Balaban J connectivity index is 2.06. The third-order valence-corrected chi connectivity index (χ3v) is 4.19. The van der Waals surface area contributed by atoms with E-state index in [0.717, 1.165) is 0 Å². The van der Waals surface area contributed by atoms with Crippen LogP contribution in [-0.2, 0) is 0 Å². The molecule has 0 fully saturated rings. The Morgan fingerprint density at radius 1 is 1.00 bits per heavy atom. The van der Waals surface area contributed by atoms with Crippen molar-refractivity contribution in [2.24, 2.45) is 5.73 Å². The molecule has 0 bridgehead atoms. The quantitative estimate of drug-likeness (QED) is 0.832. The van der Waals surface area contributed by atoms with Crippen molar-refractivity contribution in [2.45, 2.75) is 30.0 Å². The van der Waals surface area contributed by atoms with Crippen molar-refractivity contribution in [2.75, 3.05) is 0 Å². The van der Waals surface area contributed by atoms with Gasteiger partial charge in [-0.3, -0.25) is 0 Å². The van der Waals surface area contributed by atoms with Gasteiger partial charge in [-0.1, -0.05) is 55.0 Å². The number of nitrogens with two attached hydrogens (primary N) is 1. The Morgan fingerprint density at radius 2 is 1.72 bits per heavy atom. The molecule has 2 N–H and O–H groups in total. The van der Waals surface area contributed by atoms with Crippen LogP contribution in [0, 0.1) is 6.92 Å². The fourth-order valence-electron chi connectivity index (χ4n) is 1.92.